The van der Waals surface area contributed by atoms with E-state index >= 15 is 0 Å². The minimum atomic E-state index is -2.54. The minimum Gasteiger partial charge on any atom is -0.481 e. The zero-order chi connectivity index (χ0) is 21.4. The molecule has 0 radical (unpaired) electrons. The number of fused-ring (bicyclic) bond motifs is 3. The number of carboxylic acid groups (broad SMARTS) is 1. The maximum absolute atomic E-state index is 11.5. The number of carbonyl (C=O) groups is 1. The summed E-state index contributed by atoms with van der Waals surface area (Å²) >= 11 is 6.03. The predicted octanol–water partition coefficient (Wildman–Crippen LogP) is 4.60. The Bertz CT molecular complexity index is 1220. The quantitative estimate of drug-likeness (QED) is 0.523. The normalized spacial score (nSPS) is 15.6. The molecule has 2 aromatic carbocycles. The lowest BCUT2D eigenvalue weighted by Gasteiger charge is -2.17. The molecular formula is C23H22ClNO4S. The topological polar surface area (TPSA) is 76.4 Å². The Morgan fingerprint density at radius 3 is 2.60 bits per heavy atom. The highest BCUT2D eigenvalue weighted by molar-refractivity contribution is 7.71. The summed E-state index contributed by atoms with van der Waals surface area (Å²) in [6.45, 7) is 4.51. The molecule has 1 heterocycles. The summed E-state index contributed by atoms with van der Waals surface area (Å²) in [5.41, 5.74) is 5.77. The molecule has 7 heteroatoms. The summed E-state index contributed by atoms with van der Waals surface area (Å²) in [5, 5.41) is 11.1. The number of benzene rings is 2. The molecule has 3 aromatic rings. The van der Waals surface area contributed by atoms with Gasteiger partial charge in [-0.2, -0.15) is 0 Å². The van der Waals surface area contributed by atoms with Gasteiger partial charge in [0.05, 0.1) is 17.7 Å². The van der Waals surface area contributed by atoms with Crippen molar-refractivity contribution in [2.24, 2.45) is 0 Å². The van der Waals surface area contributed by atoms with Gasteiger partial charge in [-0.3, -0.25) is 4.79 Å². The Kier molecular flexibility index (Phi) is 5.71. The average Bonchev–Trinajstić information content (AvgIpc) is 3.22. The van der Waals surface area contributed by atoms with Crippen molar-refractivity contribution in [1.82, 2.24) is 4.57 Å². The van der Waals surface area contributed by atoms with Crippen LogP contribution in [0.1, 0.15) is 46.7 Å². The number of thiol groups is 1. The van der Waals surface area contributed by atoms with Crippen LogP contribution in [0.3, 0.4) is 0 Å². The van der Waals surface area contributed by atoms with Gasteiger partial charge in [-0.15, -0.1) is 0 Å². The fourth-order valence-corrected chi connectivity index (χ4v) is 5.21. The second-order valence-electron chi connectivity index (χ2n) is 7.69. The van der Waals surface area contributed by atoms with E-state index in [-0.39, 0.29) is 18.1 Å². The van der Waals surface area contributed by atoms with Crippen molar-refractivity contribution in [3.05, 3.63) is 75.9 Å². The number of nitrogens with zero attached hydrogens (tertiary/aromatic N) is 1. The number of aryl methyl sites for hydroxylation is 1. The van der Waals surface area contributed by atoms with Gasteiger partial charge in [0.15, 0.2) is 0 Å². The summed E-state index contributed by atoms with van der Waals surface area (Å²) in [5.74, 6) is -0.916. The van der Waals surface area contributed by atoms with Crippen LogP contribution in [0, 0.1) is 0 Å². The molecule has 0 amide bonds. The largest absolute Gasteiger partial charge is 0.481 e. The molecule has 1 aromatic heterocycles. The van der Waals surface area contributed by atoms with Crippen LogP contribution in [0.15, 0.2) is 43.0 Å². The highest BCUT2D eigenvalue weighted by Gasteiger charge is 2.32. The molecule has 0 fully saturated rings. The number of aromatic nitrogens is 1. The van der Waals surface area contributed by atoms with Crippen LogP contribution in [-0.4, -0.2) is 24.1 Å². The maximum Gasteiger partial charge on any atom is 0.304 e. The smallest absolute Gasteiger partial charge is 0.304 e. The van der Waals surface area contributed by atoms with E-state index in [9.17, 15) is 18.3 Å². The number of halogens is 1. The van der Waals surface area contributed by atoms with E-state index in [4.69, 9.17) is 11.6 Å². The maximum atomic E-state index is 11.5. The third-order valence-corrected chi connectivity index (χ3v) is 6.61. The summed E-state index contributed by atoms with van der Waals surface area (Å²) in [6.07, 6.45) is 3.37. The lowest BCUT2D eigenvalue weighted by Crippen LogP contribution is -2.11. The molecule has 1 atom stereocenters. The SMILES string of the molecule is C=Cc1cc(C[SH](=O)=O)cc2c3c(n(Cc4ccc(Cl)cc4)c12)C(CC(=O)O)CC3. The molecule has 30 heavy (non-hydrogen) atoms. The Labute approximate surface area is 181 Å². The molecule has 0 spiro atoms. The van der Waals surface area contributed by atoms with E-state index in [0.717, 1.165) is 51.7 Å². The number of carboxylic acids is 1. The number of hydrogen-bond donors (Lipinski definition) is 2. The van der Waals surface area contributed by atoms with E-state index in [2.05, 4.69) is 11.1 Å². The van der Waals surface area contributed by atoms with E-state index in [1.807, 2.05) is 36.4 Å². The van der Waals surface area contributed by atoms with Gasteiger partial charge in [0, 0.05) is 28.6 Å². The van der Waals surface area contributed by atoms with Gasteiger partial charge in [0.2, 0.25) is 0 Å². The molecule has 0 saturated heterocycles. The number of aliphatic carboxylic acids is 1. The van der Waals surface area contributed by atoms with Gasteiger partial charge in [-0.1, -0.05) is 36.4 Å². The first-order valence-electron chi connectivity index (χ1n) is 9.75. The van der Waals surface area contributed by atoms with Crippen LogP contribution in [0.5, 0.6) is 0 Å². The van der Waals surface area contributed by atoms with Crippen molar-refractivity contribution in [1.29, 1.82) is 0 Å². The Morgan fingerprint density at radius 1 is 1.23 bits per heavy atom. The van der Waals surface area contributed by atoms with Gasteiger partial charge >= 0.3 is 5.97 Å². The predicted molar refractivity (Wildman–Crippen MR) is 120 cm³/mol. The van der Waals surface area contributed by atoms with Crippen molar-refractivity contribution >= 4 is 45.3 Å². The molecule has 1 aliphatic rings. The molecule has 1 N–H and O–H groups in total. The molecule has 1 aliphatic carbocycles. The molecule has 156 valence electrons. The van der Waals surface area contributed by atoms with E-state index in [1.165, 1.54) is 0 Å². The van der Waals surface area contributed by atoms with Crippen LogP contribution < -0.4 is 0 Å². The molecule has 0 saturated carbocycles. The zero-order valence-electron chi connectivity index (χ0n) is 16.3. The Balaban J connectivity index is 1.95. The lowest BCUT2D eigenvalue weighted by atomic mass is 10.0. The highest BCUT2D eigenvalue weighted by Crippen LogP contribution is 2.43. The van der Waals surface area contributed by atoms with Gasteiger partial charge in [0.25, 0.3) is 0 Å². The fraction of sp³-hybridized carbons (Fsp3) is 0.261. The molecule has 0 aliphatic heterocycles. The van der Waals surface area contributed by atoms with Crippen molar-refractivity contribution in [3.63, 3.8) is 0 Å². The molecule has 5 nitrogen and oxygen atoms in total. The summed E-state index contributed by atoms with van der Waals surface area (Å²) in [7, 11) is -2.54. The van der Waals surface area contributed by atoms with Crippen molar-refractivity contribution < 1.29 is 18.3 Å². The first-order chi connectivity index (χ1) is 14.4. The Morgan fingerprint density at radius 2 is 1.97 bits per heavy atom. The second-order valence-corrected chi connectivity index (χ2v) is 9.10. The van der Waals surface area contributed by atoms with Crippen LogP contribution in [0.25, 0.3) is 17.0 Å². The highest BCUT2D eigenvalue weighted by atomic mass is 35.5. The van der Waals surface area contributed by atoms with Gasteiger partial charge in [-0.25, -0.2) is 8.42 Å². The van der Waals surface area contributed by atoms with Crippen molar-refractivity contribution in [2.75, 3.05) is 0 Å². The third kappa shape index (κ3) is 3.89. The van der Waals surface area contributed by atoms with Gasteiger partial charge in [0.1, 0.15) is 10.7 Å². The average molecular weight is 444 g/mol. The van der Waals surface area contributed by atoms with Crippen molar-refractivity contribution in [2.45, 2.75) is 37.5 Å². The molecule has 4 rings (SSSR count). The zero-order valence-corrected chi connectivity index (χ0v) is 18.0. The summed E-state index contributed by atoms with van der Waals surface area (Å²) < 4.78 is 24.8. The Hall–Kier alpha value is -2.57. The van der Waals surface area contributed by atoms with Gasteiger partial charge < -0.3 is 9.67 Å². The standard InChI is InChI=1S/C23H22ClNO4S/c1-2-16-9-15(13-30(28)29)10-20-19-8-5-17(11-21(26)27)23(19)25(22(16)20)12-14-3-6-18(24)7-4-14/h2-4,6-7,9-10,17,30H,1,5,8,11-13H2,(H,26,27). The second kappa shape index (κ2) is 8.28. The van der Waals surface area contributed by atoms with Crippen LogP contribution in [0.2, 0.25) is 5.02 Å². The van der Waals surface area contributed by atoms with Crippen LogP contribution in [-0.2, 0) is 34.2 Å². The van der Waals surface area contributed by atoms with Crippen molar-refractivity contribution in [3.8, 4) is 0 Å². The number of rotatable bonds is 7. The van der Waals surface area contributed by atoms with Crippen LogP contribution in [0.4, 0.5) is 0 Å². The molecule has 0 bridgehead atoms. The molecule has 1 unspecified atom stereocenters. The van der Waals surface area contributed by atoms with E-state index in [0.29, 0.717) is 11.6 Å². The fourth-order valence-electron chi connectivity index (χ4n) is 4.60. The monoisotopic (exact) mass is 443 g/mol. The molecular weight excluding hydrogens is 422 g/mol. The minimum absolute atomic E-state index is 0.0260. The number of hydrogen-bond acceptors (Lipinski definition) is 3. The first-order valence-corrected chi connectivity index (χ1v) is 11.5. The van der Waals surface area contributed by atoms with Crippen LogP contribution >= 0.6 is 11.6 Å². The van der Waals surface area contributed by atoms with E-state index in [1.54, 1.807) is 6.08 Å². The third-order valence-electron chi connectivity index (χ3n) is 5.73. The summed E-state index contributed by atoms with van der Waals surface area (Å²) in [6, 6.07) is 11.4. The van der Waals surface area contributed by atoms with E-state index < -0.39 is 16.7 Å². The van der Waals surface area contributed by atoms with Gasteiger partial charge in [-0.05, 0) is 59.4 Å². The first kappa shape index (κ1) is 20.7. The summed E-state index contributed by atoms with van der Waals surface area (Å²) in [4.78, 5) is 11.5. The lowest BCUT2D eigenvalue weighted by molar-refractivity contribution is -0.137.